The number of rotatable bonds is 8. The average Bonchev–Trinajstić information content (AvgIpc) is 2.22. The van der Waals surface area contributed by atoms with Gasteiger partial charge in [-0.2, -0.15) is 0 Å². The second-order valence-electron chi connectivity index (χ2n) is 2.86. The first kappa shape index (κ1) is 15.4. The molecule has 0 saturated heterocycles. The third kappa shape index (κ3) is 7.64. The molecular formula is C10H17NO3S2. The summed E-state index contributed by atoms with van der Waals surface area (Å²) in [5.41, 5.74) is 0. The Kier molecular flexibility index (Phi) is 9.22. The van der Waals surface area contributed by atoms with E-state index in [4.69, 9.17) is 4.74 Å². The number of ether oxygens (including phenoxy) is 1. The van der Waals surface area contributed by atoms with Crippen molar-refractivity contribution in [3.05, 3.63) is 12.7 Å². The molecule has 0 aliphatic heterocycles. The van der Waals surface area contributed by atoms with Crippen LogP contribution in [0.25, 0.3) is 0 Å². The zero-order valence-electron chi connectivity index (χ0n) is 9.52. The first-order valence-electron chi connectivity index (χ1n) is 4.90. The third-order valence-corrected chi connectivity index (χ3v) is 3.78. The molecular weight excluding hydrogens is 246 g/mol. The summed E-state index contributed by atoms with van der Waals surface area (Å²) in [6.07, 6.45) is 1.79. The molecule has 0 saturated carbocycles. The van der Waals surface area contributed by atoms with Gasteiger partial charge in [-0.25, -0.2) is 4.79 Å². The quantitative estimate of drug-likeness (QED) is 0.312. The highest BCUT2D eigenvalue weighted by molar-refractivity contribution is 8.76. The fraction of sp³-hybridized carbons (Fsp3) is 0.600. The Hall–Kier alpha value is -0.620. The molecule has 0 rings (SSSR count). The Balaban J connectivity index is 4.04. The van der Waals surface area contributed by atoms with Crippen molar-refractivity contribution in [2.75, 3.05) is 18.1 Å². The van der Waals surface area contributed by atoms with Crippen LogP contribution in [-0.2, 0) is 14.3 Å². The molecule has 92 valence electrons. The fourth-order valence-corrected chi connectivity index (χ4v) is 2.79. The summed E-state index contributed by atoms with van der Waals surface area (Å²) < 4.78 is 4.87. The Morgan fingerprint density at radius 2 is 2.19 bits per heavy atom. The second-order valence-corrected chi connectivity index (χ2v) is 5.42. The minimum absolute atomic E-state index is 0.229. The lowest BCUT2D eigenvalue weighted by atomic mass is 10.3. The van der Waals surface area contributed by atoms with Gasteiger partial charge < -0.3 is 10.1 Å². The first-order valence-corrected chi connectivity index (χ1v) is 7.39. The molecule has 0 bridgehead atoms. The van der Waals surface area contributed by atoms with Crippen LogP contribution in [0, 0.1) is 0 Å². The third-order valence-electron chi connectivity index (χ3n) is 1.45. The predicted molar refractivity (Wildman–Crippen MR) is 69.4 cm³/mol. The number of esters is 1. The largest absolute Gasteiger partial charge is 0.464 e. The van der Waals surface area contributed by atoms with Crippen LogP contribution < -0.4 is 5.32 Å². The average molecular weight is 263 g/mol. The van der Waals surface area contributed by atoms with E-state index in [0.717, 1.165) is 5.75 Å². The van der Waals surface area contributed by atoms with E-state index in [2.05, 4.69) is 11.9 Å². The molecule has 0 aliphatic rings. The molecule has 16 heavy (non-hydrogen) atoms. The van der Waals surface area contributed by atoms with Gasteiger partial charge in [0.05, 0.1) is 6.61 Å². The molecule has 0 fully saturated rings. The summed E-state index contributed by atoms with van der Waals surface area (Å²) in [6.45, 7) is 7.03. The number of carbonyl (C=O) groups is 2. The highest BCUT2D eigenvalue weighted by Crippen LogP contribution is 2.22. The summed E-state index contributed by atoms with van der Waals surface area (Å²) >= 11 is 0. The van der Waals surface area contributed by atoms with Gasteiger partial charge in [-0.05, 0) is 6.92 Å². The molecule has 0 spiro atoms. The SMILES string of the molecule is C=CCSSC[C@@H](NC(C)=O)C(=O)OCC. The van der Waals surface area contributed by atoms with Gasteiger partial charge in [-0.3, -0.25) is 4.79 Å². The molecule has 1 amide bonds. The van der Waals surface area contributed by atoms with Gasteiger partial charge in [0, 0.05) is 18.4 Å². The topological polar surface area (TPSA) is 55.4 Å². The summed E-state index contributed by atoms with van der Waals surface area (Å²) in [7, 11) is 3.10. The second kappa shape index (κ2) is 9.59. The lowest BCUT2D eigenvalue weighted by molar-refractivity contribution is -0.146. The van der Waals surface area contributed by atoms with Gasteiger partial charge in [0.25, 0.3) is 0 Å². The van der Waals surface area contributed by atoms with Crippen LogP contribution in [0.3, 0.4) is 0 Å². The van der Waals surface area contributed by atoms with Gasteiger partial charge in [0.1, 0.15) is 6.04 Å². The van der Waals surface area contributed by atoms with Crippen molar-refractivity contribution < 1.29 is 14.3 Å². The minimum Gasteiger partial charge on any atom is -0.464 e. The van der Waals surface area contributed by atoms with E-state index in [0.29, 0.717) is 12.4 Å². The van der Waals surface area contributed by atoms with E-state index in [9.17, 15) is 9.59 Å². The molecule has 0 aliphatic carbocycles. The maximum Gasteiger partial charge on any atom is 0.329 e. The van der Waals surface area contributed by atoms with Crippen molar-refractivity contribution in [3.63, 3.8) is 0 Å². The van der Waals surface area contributed by atoms with Crippen LogP contribution in [0.4, 0.5) is 0 Å². The highest BCUT2D eigenvalue weighted by Gasteiger charge is 2.20. The van der Waals surface area contributed by atoms with Gasteiger partial charge in [0.15, 0.2) is 0 Å². The van der Waals surface area contributed by atoms with Crippen LogP contribution >= 0.6 is 21.6 Å². The Labute approximate surface area is 104 Å². The van der Waals surface area contributed by atoms with Crippen LogP contribution in [0.5, 0.6) is 0 Å². The monoisotopic (exact) mass is 263 g/mol. The molecule has 0 unspecified atom stereocenters. The number of hydrogen-bond acceptors (Lipinski definition) is 5. The smallest absolute Gasteiger partial charge is 0.329 e. The van der Waals surface area contributed by atoms with E-state index in [1.165, 1.54) is 17.7 Å². The number of hydrogen-bond donors (Lipinski definition) is 1. The Morgan fingerprint density at radius 3 is 2.69 bits per heavy atom. The highest BCUT2D eigenvalue weighted by atomic mass is 33.1. The Bertz CT molecular complexity index is 246. The Morgan fingerprint density at radius 1 is 1.50 bits per heavy atom. The van der Waals surface area contributed by atoms with Crippen molar-refractivity contribution >= 4 is 33.5 Å². The molecule has 0 heterocycles. The molecule has 0 aromatic rings. The molecule has 0 radical (unpaired) electrons. The summed E-state index contributed by atoms with van der Waals surface area (Å²) in [5, 5.41) is 2.57. The number of nitrogens with one attached hydrogen (secondary N) is 1. The van der Waals surface area contributed by atoms with E-state index in [1.807, 2.05) is 0 Å². The summed E-state index contributed by atoms with van der Waals surface area (Å²) in [5.74, 6) is 0.689. The maximum atomic E-state index is 11.5. The summed E-state index contributed by atoms with van der Waals surface area (Å²) in [4.78, 5) is 22.4. The van der Waals surface area contributed by atoms with Crippen LogP contribution in [0.2, 0.25) is 0 Å². The van der Waals surface area contributed by atoms with E-state index in [1.54, 1.807) is 23.8 Å². The van der Waals surface area contributed by atoms with Crippen molar-refractivity contribution in [2.24, 2.45) is 0 Å². The van der Waals surface area contributed by atoms with Gasteiger partial charge in [-0.15, -0.1) is 6.58 Å². The first-order chi connectivity index (χ1) is 7.61. The number of carbonyl (C=O) groups excluding carboxylic acids is 2. The van der Waals surface area contributed by atoms with Crippen molar-refractivity contribution in [3.8, 4) is 0 Å². The van der Waals surface area contributed by atoms with Gasteiger partial charge in [0.2, 0.25) is 5.91 Å². The molecule has 1 atom stereocenters. The van der Waals surface area contributed by atoms with Gasteiger partial charge in [-0.1, -0.05) is 27.7 Å². The van der Waals surface area contributed by atoms with Crippen LogP contribution in [0.1, 0.15) is 13.8 Å². The molecule has 6 heteroatoms. The van der Waals surface area contributed by atoms with Crippen LogP contribution in [-0.4, -0.2) is 36.0 Å². The molecule has 0 aromatic carbocycles. The maximum absolute atomic E-state index is 11.5. The molecule has 1 N–H and O–H groups in total. The van der Waals surface area contributed by atoms with Crippen LogP contribution in [0.15, 0.2) is 12.7 Å². The lowest BCUT2D eigenvalue weighted by Crippen LogP contribution is -2.42. The van der Waals surface area contributed by atoms with Crippen molar-refractivity contribution in [1.82, 2.24) is 5.32 Å². The minimum atomic E-state index is -0.570. The van der Waals surface area contributed by atoms with Crippen molar-refractivity contribution in [2.45, 2.75) is 19.9 Å². The summed E-state index contributed by atoms with van der Waals surface area (Å²) in [6, 6.07) is -0.570. The van der Waals surface area contributed by atoms with Gasteiger partial charge >= 0.3 is 5.97 Å². The van der Waals surface area contributed by atoms with E-state index in [-0.39, 0.29) is 11.9 Å². The van der Waals surface area contributed by atoms with E-state index >= 15 is 0 Å². The zero-order valence-corrected chi connectivity index (χ0v) is 11.2. The van der Waals surface area contributed by atoms with Crippen molar-refractivity contribution in [1.29, 1.82) is 0 Å². The normalized spacial score (nSPS) is 11.6. The fourth-order valence-electron chi connectivity index (χ4n) is 0.869. The zero-order chi connectivity index (χ0) is 12.4. The molecule has 0 aromatic heterocycles. The lowest BCUT2D eigenvalue weighted by Gasteiger charge is -2.15. The molecule has 4 nitrogen and oxygen atoms in total. The van der Waals surface area contributed by atoms with E-state index < -0.39 is 6.04 Å². The number of amides is 1. The standard InChI is InChI=1S/C10H17NO3S2/c1-4-6-15-16-7-9(11-8(3)12)10(13)14-5-2/h4,9H,1,5-7H2,2-3H3,(H,11,12)/t9-/m1/s1. The predicted octanol–water partition coefficient (Wildman–Crippen LogP) is 1.62.